The van der Waals surface area contributed by atoms with Crippen LogP contribution in [0.25, 0.3) is 0 Å². The van der Waals surface area contributed by atoms with Crippen molar-refractivity contribution in [3.8, 4) is 0 Å². The fourth-order valence-corrected chi connectivity index (χ4v) is 4.10. The molecule has 0 aromatic heterocycles. The molecule has 0 bridgehead atoms. The van der Waals surface area contributed by atoms with E-state index in [0.29, 0.717) is 6.04 Å². The van der Waals surface area contributed by atoms with Gasteiger partial charge in [-0.3, -0.25) is 0 Å². The predicted octanol–water partition coefficient (Wildman–Crippen LogP) is 3.65. The van der Waals surface area contributed by atoms with E-state index in [1.807, 2.05) is 0 Å². The second kappa shape index (κ2) is 7.64. The Morgan fingerprint density at radius 2 is 1.95 bits per heavy atom. The Balaban J connectivity index is 1.82. The Morgan fingerprint density at radius 3 is 2.74 bits per heavy atom. The molecule has 2 N–H and O–H groups in total. The number of nitrogens with zero attached hydrogens (tertiary/aromatic N) is 1. The third-order valence-corrected chi connectivity index (χ3v) is 5.45. The van der Waals surface area contributed by atoms with E-state index >= 15 is 0 Å². The van der Waals surface area contributed by atoms with Crippen LogP contribution in [0.1, 0.15) is 65.2 Å². The van der Waals surface area contributed by atoms with Crippen LogP contribution in [0, 0.1) is 17.8 Å². The van der Waals surface area contributed by atoms with Crippen molar-refractivity contribution in [1.29, 1.82) is 0 Å². The van der Waals surface area contributed by atoms with Gasteiger partial charge in [0.2, 0.25) is 0 Å². The van der Waals surface area contributed by atoms with Crippen LogP contribution in [0.4, 0.5) is 0 Å². The predicted molar refractivity (Wildman–Crippen MR) is 83.2 cm³/mol. The van der Waals surface area contributed by atoms with Gasteiger partial charge in [-0.1, -0.05) is 26.7 Å². The molecule has 0 amide bonds. The van der Waals surface area contributed by atoms with Crippen molar-refractivity contribution < 1.29 is 0 Å². The molecule has 1 aliphatic carbocycles. The van der Waals surface area contributed by atoms with Crippen LogP contribution >= 0.6 is 0 Å². The van der Waals surface area contributed by atoms with E-state index in [4.69, 9.17) is 5.73 Å². The maximum atomic E-state index is 6.39. The maximum Gasteiger partial charge on any atom is 0.00795 e. The van der Waals surface area contributed by atoms with E-state index < -0.39 is 0 Å². The van der Waals surface area contributed by atoms with E-state index in [1.54, 1.807) is 0 Å². The van der Waals surface area contributed by atoms with Crippen LogP contribution in [0.2, 0.25) is 0 Å². The summed E-state index contributed by atoms with van der Waals surface area (Å²) in [6.07, 6.45) is 11.0. The molecule has 1 aliphatic heterocycles. The standard InChI is InChI=1S/C17H34N2/c1-3-5-15-7-8-17(18)16(12-15)13-19-10-4-6-14(2)9-11-19/h14-17H,3-13,18H2,1-2H3. The molecule has 4 atom stereocenters. The summed E-state index contributed by atoms with van der Waals surface area (Å²) in [5, 5.41) is 0. The molecule has 0 spiro atoms. The SMILES string of the molecule is CCCC1CCC(N)C(CN2CCCC(C)CC2)C1. The zero-order chi connectivity index (χ0) is 13.7. The second-order valence-corrected chi connectivity index (χ2v) is 7.23. The number of nitrogens with two attached hydrogens (primary N) is 1. The van der Waals surface area contributed by atoms with Crippen molar-refractivity contribution in [2.45, 2.75) is 71.3 Å². The van der Waals surface area contributed by atoms with Gasteiger partial charge in [-0.2, -0.15) is 0 Å². The van der Waals surface area contributed by atoms with Crippen molar-refractivity contribution in [1.82, 2.24) is 4.90 Å². The quantitative estimate of drug-likeness (QED) is 0.841. The normalized spacial score (nSPS) is 38.1. The number of rotatable bonds is 4. The highest BCUT2D eigenvalue weighted by Gasteiger charge is 2.29. The zero-order valence-electron chi connectivity index (χ0n) is 13.1. The summed E-state index contributed by atoms with van der Waals surface area (Å²) in [5.74, 6) is 2.65. The van der Waals surface area contributed by atoms with Gasteiger partial charge in [0.1, 0.15) is 0 Å². The molecule has 2 fully saturated rings. The summed E-state index contributed by atoms with van der Waals surface area (Å²) in [6.45, 7) is 8.62. The number of hydrogen-bond acceptors (Lipinski definition) is 2. The highest BCUT2D eigenvalue weighted by atomic mass is 15.1. The van der Waals surface area contributed by atoms with Crippen molar-refractivity contribution >= 4 is 0 Å². The second-order valence-electron chi connectivity index (χ2n) is 7.23. The maximum absolute atomic E-state index is 6.39. The highest BCUT2D eigenvalue weighted by molar-refractivity contribution is 4.85. The highest BCUT2D eigenvalue weighted by Crippen LogP contribution is 2.32. The van der Waals surface area contributed by atoms with Gasteiger partial charge in [-0.25, -0.2) is 0 Å². The lowest BCUT2D eigenvalue weighted by molar-refractivity contribution is 0.154. The zero-order valence-corrected chi connectivity index (χ0v) is 13.1. The third-order valence-electron chi connectivity index (χ3n) is 5.45. The molecular formula is C17H34N2. The van der Waals surface area contributed by atoms with Crippen molar-refractivity contribution in [2.75, 3.05) is 19.6 Å². The lowest BCUT2D eigenvalue weighted by Crippen LogP contribution is -2.43. The first-order chi connectivity index (χ1) is 9.19. The first kappa shape index (κ1) is 15.3. The average molecular weight is 266 g/mol. The fourth-order valence-electron chi connectivity index (χ4n) is 4.10. The molecule has 2 aliphatic rings. The summed E-state index contributed by atoms with van der Waals surface area (Å²) in [7, 11) is 0. The summed E-state index contributed by atoms with van der Waals surface area (Å²) in [5.41, 5.74) is 6.39. The Labute approximate surface area is 120 Å². The van der Waals surface area contributed by atoms with Crippen LogP contribution < -0.4 is 5.73 Å². The fraction of sp³-hybridized carbons (Fsp3) is 1.00. The molecule has 1 heterocycles. The average Bonchev–Trinajstić information content (AvgIpc) is 2.59. The van der Waals surface area contributed by atoms with E-state index in [1.165, 1.54) is 71.0 Å². The minimum Gasteiger partial charge on any atom is -0.327 e. The van der Waals surface area contributed by atoms with Gasteiger partial charge in [0.25, 0.3) is 0 Å². The first-order valence-electron chi connectivity index (χ1n) is 8.67. The van der Waals surface area contributed by atoms with Gasteiger partial charge < -0.3 is 10.6 Å². The molecule has 4 unspecified atom stereocenters. The van der Waals surface area contributed by atoms with Crippen LogP contribution in [0.15, 0.2) is 0 Å². The summed E-state index contributed by atoms with van der Waals surface area (Å²) < 4.78 is 0. The van der Waals surface area contributed by atoms with Gasteiger partial charge in [-0.05, 0) is 69.4 Å². The molecular weight excluding hydrogens is 232 g/mol. The Bertz CT molecular complexity index is 254. The topological polar surface area (TPSA) is 29.3 Å². The molecule has 2 nitrogen and oxygen atoms in total. The minimum absolute atomic E-state index is 0.466. The molecule has 112 valence electrons. The van der Waals surface area contributed by atoms with Crippen LogP contribution in [0.3, 0.4) is 0 Å². The van der Waals surface area contributed by atoms with Crippen LogP contribution in [-0.2, 0) is 0 Å². The largest absolute Gasteiger partial charge is 0.327 e. The van der Waals surface area contributed by atoms with Crippen molar-refractivity contribution in [3.05, 3.63) is 0 Å². The monoisotopic (exact) mass is 266 g/mol. The molecule has 0 aromatic carbocycles. The van der Waals surface area contributed by atoms with E-state index in [-0.39, 0.29) is 0 Å². The minimum atomic E-state index is 0.466. The van der Waals surface area contributed by atoms with Gasteiger partial charge in [0.15, 0.2) is 0 Å². The van der Waals surface area contributed by atoms with E-state index in [0.717, 1.165) is 17.8 Å². The molecule has 0 aromatic rings. The van der Waals surface area contributed by atoms with Gasteiger partial charge in [0, 0.05) is 12.6 Å². The van der Waals surface area contributed by atoms with Gasteiger partial charge in [-0.15, -0.1) is 0 Å². The number of hydrogen-bond donors (Lipinski definition) is 1. The van der Waals surface area contributed by atoms with E-state index in [9.17, 15) is 0 Å². The summed E-state index contributed by atoms with van der Waals surface area (Å²) in [4.78, 5) is 2.71. The Morgan fingerprint density at radius 1 is 1.11 bits per heavy atom. The van der Waals surface area contributed by atoms with Crippen molar-refractivity contribution in [2.24, 2.45) is 23.5 Å². The lowest BCUT2D eigenvalue weighted by Gasteiger charge is -2.37. The van der Waals surface area contributed by atoms with Crippen molar-refractivity contribution in [3.63, 3.8) is 0 Å². The molecule has 2 heteroatoms. The lowest BCUT2D eigenvalue weighted by atomic mass is 9.76. The first-order valence-corrected chi connectivity index (χ1v) is 8.67. The molecule has 1 saturated carbocycles. The Kier molecular flexibility index (Phi) is 6.15. The molecule has 19 heavy (non-hydrogen) atoms. The molecule has 1 saturated heterocycles. The smallest absolute Gasteiger partial charge is 0.00795 e. The van der Waals surface area contributed by atoms with Crippen LogP contribution in [-0.4, -0.2) is 30.6 Å². The summed E-state index contributed by atoms with van der Waals surface area (Å²) >= 11 is 0. The molecule has 0 radical (unpaired) electrons. The molecule has 2 rings (SSSR count). The Hall–Kier alpha value is -0.0800. The number of likely N-dealkylation sites (tertiary alicyclic amines) is 1. The van der Waals surface area contributed by atoms with Crippen LogP contribution in [0.5, 0.6) is 0 Å². The van der Waals surface area contributed by atoms with Gasteiger partial charge in [0.05, 0.1) is 0 Å². The third kappa shape index (κ3) is 4.75. The summed E-state index contributed by atoms with van der Waals surface area (Å²) in [6, 6.07) is 0.466. The van der Waals surface area contributed by atoms with E-state index in [2.05, 4.69) is 18.7 Å². The van der Waals surface area contributed by atoms with Gasteiger partial charge >= 0.3 is 0 Å².